The SMILES string of the molecule is C/C=C(\C)C(=O)O[C@H]1[C@H](OC(C)=O)[C@@]23C[C@@]1(O)O[C@H]1C[C@]4(C)C(=CC[C@H]4c4ccoc4)[C@](C)(C(=O)C[C@H]2C(C)C)C13. The first-order valence-electron chi connectivity index (χ1n) is 14.9. The van der Waals surface area contributed by atoms with E-state index in [2.05, 4.69) is 26.8 Å². The zero-order chi connectivity index (χ0) is 29.7. The Labute approximate surface area is 241 Å². The number of furan rings is 1. The minimum atomic E-state index is -1.87. The predicted octanol–water partition coefficient (Wildman–Crippen LogP) is 5.26. The molecule has 8 heteroatoms. The van der Waals surface area contributed by atoms with E-state index in [0.29, 0.717) is 12.0 Å². The van der Waals surface area contributed by atoms with Crippen molar-refractivity contribution in [1.82, 2.24) is 0 Å². The van der Waals surface area contributed by atoms with E-state index >= 15 is 0 Å². The zero-order valence-electron chi connectivity index (χ0n) is 25.1. The molecule has 8 nitrogen and oxygen atoms in total. The number of ether oxygens (including phenoxy) is 3. The number of aliphatic hydroxyl groups is 1. The first-order valence-corrected chi connectivity index (χ1v) is 14.9. The maximum absolute atomic E-state index is 14.5. The lowest BCUT2D eigenvalue weighted by Crippen LogP contribution is -2.69. The van der Waals surface area contributed by atoms with Crippen LogP contribution < -0.4 is 0 Å². The lowest BCUT2D eigenvalue weighted by atomic mass is 9.39. The molecule has 1 unspecified atom stereocenters. The maximum Gasteiger partial charge on any atom is 0.333 e. The van der Waals surface area contributed by atoms with Crippen molar-refractivity contribution < 1.29 is 38.1 Å². The van der Waals surface area contributed by atoms with Crippen LogP contribution in [-0.4, -0.2) is 46.9 Å². The number of allylic oxidation sites excluding steroid dienone is 3. The van der Waals surface area contributed by atoms with Crippen molar-refractivity contribution in [2.45, 2.75) is 104 Å². The zero-order valence-corrected chi connectivity index (χ0v) is 25.1. The average molecular weight is 567 g/mol. The van der Waals surface area contributed by atoms with Gasteiger partial charge in [0, 0.05) is 36.7 Å². The number of carbonyl (C=O) groups is 3. The standard InChI is InChI=1S/C33H42O8/c1-8-18(4)29(36)40-28-27(39-19(5)34)32-16-33(28,37)41-23-14-30(6)21(20-11-12-38-15-20)9-10-24(30)31(7,26(23)32)25(35)13-22(32)17(2)3/h8,10-12,15,17,21-23,26-28,37H,9,13-14,16H2,1-7H3/b18-8+/t21-,22-,23-,26?,27-,28-,30-,31+,32-,33+/m0/s1. The fourth-order valence-corrected chi connectivity index (χ4v) is 10.0. The van der Waals surface area contributed by atoms with E-state index in [1.807, 2.05) is 13.0 Å². The number of hydrogen-bond donors (Lipinski definition) is 1. The van der Waals surface area contributed by atoms with Gasteiger partial charge < -0.3 is 23.7 Å². The summed E-state index contributed by atoms with van der Waals surface area (Å²) in [5.41, 5.74) is 0.391. The van der Waals surface area contributed by atoms with E-state index in [0.717, 1.165) is 17.6 Å². The molecule has 6 rings (SSSR count). The van der Waals surface area contributed by atoms with Crippen LogP contribution in [0.5, 0.6) is 0 Å². The van der Waals surface area contributed by atoms with Gasteiger partial charge >= 0.3 is 11.9 Å². The highest BCUT2D eigenvalue weighted by molar-refractivity contribution is 5.91. The van der Waals surface area contributed by atoms with Crippen LogP contribution in [0.25, 0.3) is 0 Å². The van der Waals surface area contributed by atoms with Crippen LogP contribution in [-0.2, 0) is 28.6 Å². The number of carbonyl (C=O) groups excluding carboxylic acids is 3. The number of fused-ring (bicyclic) bond motifs is 3. The summed E-state index contributed by atoms with van der Waals surface area (Å²) in [4.78, 5) is 40.3. The third-order valence-corrected chi connectivity index (χ3v) is 11.6. The van der Waals surface area contributed by atoms with Gasteiger partial charge in [0.1, 0.15) is 5.78 Å². The summed E-state index contributed by atoms with van der Waals surface area (Å²) in [6.45, 7) is 13.1. The molecular formula is C33H42O8. The lowest BCUT2D eigenvalue weighted by molar-refractivity contribution is -0.322. The summed E-state index contributed by atoms with van der Waals surface area (Å²) in [7, 11) is 0. The molecule has 1 aliphatic heterocycles. The molecule has 2 heterocycles. The third kappa shape index (κ3) is 3.62. The molecule has 0 radical (unpaired) electrons. The summed E-state index contributed by atoms with van der Waals surface area (Å²) < 4.78 is 24.2. The molecule has 1 aromatic heterocycles. The summed E-state index contributed by atoms with van der Waals surface area (Å²) in [5.74, 6) is -3.29. The summed E-state index contributed by atoms with van der Waals surface area (Å²) in [6.07, 6.45) is 6.34. The second kappa shape index (κ2) is 9.14. The van der Waals surface area contributed by atoms with Crippen LogP contribution in [0.1, 0.15) is 85.6 Å². The van der Waals surface area contributed by atoms with Crippen molar-refractivity contribution in [3.63, 3.8) is 0 Å². The molecule has 3 saturated carbocycles. The van der Waals surface area contributed by atoms with Gasteiger partial charge in [0.25, 0.3) is 0 Å². The van der Waals surface area contributed by atoms with Crippen LogP contribution >= 0.6 is 0 Å². The van der Waals surface area contributed by atoms with E-state index in [1.165, 1.54) is 6.92 Å². The van der Waals surface area contributed by atoms with Crippen molar-refractivity contribution in [3.8, 4) is 0 Å². The maximum atomic E-state index is 14.5. The number of Topliss-reactive ketones (excluding diaryl/α,β-unsaturated/α-hetero) is 1. The second-order valence-electron chi connectivity index (χ2n) is 13.9. The highest BCUT2D eigenvalue weighted by atomic mass is 16.7. The number of rotatable bonds is 5. The Balaban J connectivity index is 1.56. The highest BCUT2D eigenvalue weighted by Gasteiger charge is 2.82. The second-order valence-corrected chi connectivity index (χ2v) is 13.9. The summed E-state index contributed by atoms with van der Waals surface area (Å²) in [6, 6.07) is 1.98. The van der Waals surface area contributed by atoms with Crippen molar-refractivity contribution in [3.05, 3.63) is 47.5 Å². The lowest BCUT2D eigenvalue weighted by Gasteiger charge is -2.66. The Hall–Kier alpha value is -2.71. The third-order valence-electron chi connectivity index (χ3n) is 11.6. The molecule has 1 aromatic rings. The number of ketones is 1. The van der Waals surface area contributed by atoms with Crippen LogP contribution in [0, 0.1) is 34.0 Å². The molecule has 0 amide bonds. The van der Waals surface area contributed by atoms with Gasteiger partial charge in [-0.1, -0.05) is 38.5 Å². The monoisotopic (exact) mass is 566 g/mol. The molecule has 0 aromatic carbocycles. The van der Waals surface area contributed by atoms with Crippen molar-refractivity contribution in [2.75, 3.05) is 0 Å². The topological polar surface area (TPSA) is 112 Å². The van der Waals surface area contributed by atoms with Gasteiger partial charge in [-0.15, -0.1) is 0 Å². The van der Waals surface area contributed by atoms with Crippen molar-refractivity contribution in [2.24, 2.45) is 34.0 Å². The average Bonchev–Trinajstić information content (AvgIpc) is 3.57. The van der Waals surface area contributed by atoms with Gasteiger partial charge in [-0.25, -0.2) is 4.79 Å². The molecule has 41 heavy (non-hydrogen) atoms. The van der Waals surface area contributed by atoms with Crippen molar-refractivity contribution >= 4 is 17.7 Å². The molecule has 1 saturated heterocycles. The molecule has 1 spiro atoms. The fraction of sp³-hybridized carbons (Fsp3) is 0.667. The smallest absolute Gasteiger partial charge is 0.333 e. The quantitative estimate of drug-likeness (QED) is 0.292. The number of esters is 2. The van der Waals surface area contributed by atoms with Crippen LogP contribution in [0.4, 0.5) is 0 Å². The molecule has 1 N–H and O–H groups in total. The van der Waals surface area contributed by atoms with Gasteiger partial charge in [0.15, 0.2) is 12.2 Å². The molecule has 4 fully saturated rings. The Morgan fingerprint density at radius 1 is 1.17 bits per heavy atom. The minimum Gasteiger partial charge on any atom is -0.472 e. The minimum absolute atomic E-state index is 0.0424. The Morgan fingerprint density at radius 3 is 2.51 bits per heavy atom. The Bertz CT molecular complexity index is 1340. The van der Waals surface area contributed by atoms with E-state index in [-0.39, 0.29) is 42.3 Å². The van der Waals surface area contributed by atoms with E-state index in [9.17, 15) is 19.5 Å². The Kier molecular flexibility index (Phi) is 6.34. The normalized spacial score (nSPS) is 44.8. The van der Waals surface area contributed by atoms with Crippen LogP contribution in [0.15, 0.2) is 46.3 Å². The largest absolute Gasteiger partial charge is 0.472 e. The van der Waals surface area contributed by atoms with Crippen LogP contribution in [0.2, 0.25) is 0 Å². The predicted molar refractivity (Wildman–Crippen MR) is 148 cm³/mol. The number of hydrogen-bond acceptors (Lipinski definition) is 8. The van der Waals surface area contributed by atoms with Crippen molar-refractivity contribution in [1.29, 1.82) is 0 Å². The molecule has 2 bridgehead atoms. The van der Waals surface area contributed by atoms with Gasteiger partial charge in [0.2, 0.25) is 5.79 Å². The molecule has 5 aliphatic rings. The fourth-order valence-electron chi connectivity index (χ4n) is 10.0. The molecule has 10 atom stereocenters. The summed E-state index contributed by atoms with van der Waals surface area (Å²) in [5, 5.41) is 12.3. The highest BCUT2D eigenvalue weighted by Crippen LogP contribution is 2.76. The Morgan fingerprint density at radius 2 is 1.90 bits per heavy atom. The first-order chi connectivity index (χ1) is 19.2. The first kappa shape index (κ1) is 28.4. The van der Waals surface area contributed by atoms with Crippen LogP contribution in [0.3, 0.4) is 0 Å². The van der Waals surface area contributed by atoms with Gasteiger partial charge in [0.05, 0.1) is 24.0 Å². The molecule has 222 valence electrons. The van der Waals surface area contributed by atoms with Gasteiger partial charge in [-0.2, -0.15) is 0 Å². The molecular weight excluding hydrogens is 524 g/mol. The molecule has 4 aliphatic carbocycles. The van der Waals surface area contributed by atoms with E-state index in [1.54, 1.807) is 32.4 Å². The van der Waals surface area contributed by atoms with E-state index < -0.39 is 52.3 Å². The van der Waals surface area contributed by atoms with Gasteiger partial charge in [-0.3, -0.25) is 9.59 Å². The van der Waals surface area contributed by atoms with E-state index in [4.69, 9.17) is 18.6 Å². The van der Waals surface area contributed by atoms with Gasteiger partial charge in [-0.05, 0) is 68.4 Å². The summed E-state index contributed by atoms with van der Waals surface area (Å²) >= 11 is 0.